The van der Waals surface area contributed by atoms with Gasteiger partial charge in [0.15, 0.2) is 0 Å². The molecule has 0 aliphatic heterocycles. The number of amides is 1. The number of carbonyl (C=O) groups is 1. The highest BCUT2D eigenvalue weighted by Gasteiger charge is 2.11. The highest BCUT2D eigenvalue weighted by atomic mass is 32.2. The molecule has 118 valence electrons. The maximum absolute atomic E-state index is 12.0. The molecule has 6 nitrogen and oxygen atoms in total. The molecule has 0 aliphatic rings. The van der Waals surface area contributed by atoms with Crippen LogP contribution in [0.15, 0.2) is 29.4 Å². The van der Waals surface area contributed by atoms with Gasteiger partial charge >= 0.3 is 0 Å². The van der Waals surface area contributed by atoms with E-state index in [1.54, 1.807) is 0 Å². The largest absolute Gasteiger partial charge is 0.492 e. The minimum absolute atomic E-state index is 0.118. The average Bonchev–Trinajstić information content (AvgIpc) is 2.97. The zero-order valence-corrected chi connectivity index (χ0v) is 13.7. The number of aromatic nitrogens is 3. The lowest BCUT2D eigenvalue weighted by atomic mass is 10.2. The Morgan fingerprint density at radius 1 is 1.41 bits per heavy atom. The number of hydrogen-bond acceptors (Lipinski definition) is 5. The predicted octanol–water partition coefficient (Wildman–Crippen LogP) is 3.06. The second-order valence-electron chi connectivity index (χ2n) is 4.92. The Kier molecular flexibility index (Phi) is 5.83. The Bertz CT molecular complexity index is 628. The van der Waals surface area contributed by atoms with E-state index in [0.717, 1.165) is 5.82 Å². The molecule has 0 saturated carbocycles. The van der Waals surface area contributed by atoms with Crippen molar-refractivity contribution < 1.29 is 9.53 Å². The quantitative estimate of drug-likeness (QED) is 0.766. The normalized spacial score (nSPS) is 10.7. The highest BCUT2D eigenvalue weighted by molar-refractivity contribution is 7.99. The first kappa shape index (κ1) is 16.4. The molecule has 2 aromatic rings. The summed E-state index contributed by atoms with van der Waals surface area (Å²) in [5.41, 5.74) is 0.674. The number of anilines is 1. The van der Waals surface area contributed by atoms with E-state index in [4.69, 9.17) is 4.74 Å². The molecular formula is C15H20N4O2S. The molecule has 1 aromatic heterocycles. The number of aromatic amines is 1. The van der Waals surface area contributed by atoms with E-state index < -0.39 is 0 Å². The van der Waals surface area contributed by atoms with Crippen LogP contribution < -0.4 is 10.1 Å². The smallest absolute Gasteiger partial charge is 0.234 e. The number of benzene rings is 1. The molecule has 2 rings (SSSR count). The van der Waals surface area contributed by atoms with Gasteiger partial charge in [-0.2, -0.15) is 0 Å². The summed E-state index contributed by atoms with van der Waals surface area (Å²) in [5.74, 6) is 1.91. The summed E-state index contributed by atoms with van der Waals surface area (Å²) in [6.45, 7) is 6.53. The average molecular weight is 320 g/mol. The molecule has 1 aromatic carbocycles. The van der Waals surface area contributed by atoms with Gasteiger partial charge in [0.2, 0.25) is 11.1 Å². The molecule has 0 spiro atoms. The van der Waals surface area contributed by atoms with Crippen molar-refractivity contribution in [2.75, 3.05) is 17.7 Å². The van der Waals surface area contributed by atoms with Crippen molar-refractivity contribution in [3.8, 4) is 5.75 Å². The van der Waals surface area contributed by atoms with Gasteiger partial charge in [0.25, 0.3) is 0 Å². The van der Waals surface area contributed by atoms with Crippen LogP contribution in [0.5, 0.6) is 5.75 Å². The molecule has 1 heterocycles. The summed E-state index contributed by atoms with van der Waals surface area (Å²) >= 11 is 1.30. The number of ether oxygens (including phenoxy) is 1. The third-order valence-corrected chi connectivity index (χ3v) is 3.67. The van der Waals surface area contributed by atoms with Gasteiger partial charge in [0, 0.05) is 5.92 Å². The third kappa shape index (κ3) is 4.49. The SMILES string of the molecule is CCOc1ccccc1NC(=O)CSc1n[nH]c(C(C)C)n1. The maximum atomic E-state index is 12.0. The number of carbonyl (C=O) groups excluding carboxylic acids is 1. The van der Waals surface area contributed by atoms with Gasteiger partial charge in [-0.25, -0.2) is 4.98 Å². The van der Waals surface area contributed by atoms with E-state index in [0.29, 0.717) is 23.2 Å². The zero-order chi connectivity index (χ0) is 15.9. The Morgan fingerprint density at radius 2 is 2.18 bits per heavy atom. The van der Waals surface area contributed by atoms with Crippen LogP contribution >= 0.6 is 11.8 Å². The number of nitrogens with zero attached hydrogens (tertiary/aromatic N) is 2. The first-order valence-electron chi connectivity index (χ1n) is 7.17. The van der Waals surface area contributed by atoms with Crippen molar-refractivity contribution >= 4 is 23.4 Å². The number of rotatable bonds is 7. The fourth-order valence-corrected chi connectivity index (χ4v) is 2.35. The fraction of sp³-hybridized carbons (Fsp3) is 0.400. The number of nitrogens with one attached hydrogen (secondary N) is 2. The van der Waals surface area contributed by atoms with Crippen LogP contribution in [0.1, 0.15) is 32.5 Å². The summed E-state index contributed by atoms with van der Waals surface area (Å²) in [6.07, 6.45) is 0. The molecule has 0 fully saturated rings. The fourth-order valence-electron chi connectivity index (χ4n) is 1.75. The van der Waals surface area contributed by atoms with Gasteiger partial charge in [0.1, 0.15) is 11.6 Å². The van der Waals surface area contributed by atoms with Crippen molar-refractivity contribution in [2.24, 2.45) is 0 Å². The molecular weight excluding hydrogens is 300 g/mol. The number of thioether (sulfide) groups is 1. The van der Waals surface area contributed by atoms with Crippen molar-refractivity contribution in [1.82, 2.24) is 15.2 Å². The molecule has 0 aliphatic carbocycles. The van der Waals surface area contributed by atoms with Crippen LogP contribution in [-0.4, -0.2) is 33.4 Å². The van der Waals surface area contributed by atoms with E-state index in [1.807, 2.05) is 45.0 Å². The van der Waals surface area contributed by atoms with Gasteiger partial charge in [0.05, 0.1) is 18.0 Å². The second kappa shape index (κ2) is 7.84. The summed E-state index contributed by atoms with van der Waals surface area (Å²) in [7, 11) is 0. The van der Waals surface area contributed by atoms with Crippen molar-refractivity contribution in [3.63, 3.8) is 0 Å². The van der Waals surface area contributed by atoms with Gasteiger partial charge in [-0.1, -0.05) is 37.7 Å². The number of para-hydroxylation sites is 2. The molecule has 0 radical (unpaired) electrons. The van der Waals surface area contributed by atoms with Gasteiger partial charge in [-0.3, -0.25) is 9.89 Å². The van der Waals surface area contributed by atoms with Crippen molar-refractivity contribution in [2.45, 2.75) is 31.8 Å². The van der Waals surface area contributed by atoms with E-state index in [1.165, 1.54) is 11.8 Å². The molecule has 2 N–H and O–H groups in total. The standard InChI is InChI=1S/C15H20N4O2S/c1-4-21-12-8-6-5-7-11(12)16-13(20)9-22-15-17-14(10(2)3)18-19-15/h5-8,10H,4,9H2,1-3H3,(H,16,20)(H,17,18,19). The zero-order valence-electron chi connectivity index (χ0n) is 12.9. The third-order valence-electron chi connectivity index (χ3n) is 2.82. The van der Waals surface area contributed by atoms with Crippen LogP contribution in [-0.2, 0) is 4.79 Å². The summed E-state index contributed by atoms with van der Waals surface area (Å²) in [4.78, 5) is 16.4. The first-order chi connectivity index (χ1) is 10.6. The topological polar surface area (TPSA) is 79.9 Å². The molecule has 0 bridgehead atoms. The Labute approximate surface area is 134 Å². The van der Waals surface area contributed by atoms with Gasteiger partial charge < -0.3 is 10.1 Å². The summed E-state index contributed by atoms with van der Waals surface area (Å²) < 4.78 is 5.48. The molecule has 22 heavy (non-hydrogen) atoms. The van der Waals surface area contributed by atoms with E-state index >= 15 is 0 Å². The molecule has 0 unspecified atom stereocenters. The van der Waals surface area contributed by atoms with E-state index in [2.05, 4.69) is 20.5 Å². The minimum atomic E-state index is -0.118. The molecule has 0 saturated heterocycles. The summed E-state index contributed by atoms with van der Waals surface area (Å²) in [6, 6.07) is 7.37. The monoisotopic (exact) mass is 320 g/mol. The predicted molar refractivity (Wildman–Crippen MR) is 87.4 cm³/mol. The summed E-state index contributed by atoms with van der Waals surface area (Å²) in [5, 5.41) is 10.4. The Hall–Kier alpha value is -2.02. The molecule has 0 atom stereocenters. The highest BCUT2D eigenvalue weighted by Crippen LogP contribution is 2.24. The van der Waals surface area contributed by atoms with E-state index in [-0.39, 0.29) is 17.6 Å². The lowest BCUT2D eigenvalue weighted by Crippen LogP contribution is -2.15. The Morgan fingerprint density at radius 3 is 2.86 bits per heavy atom. The molecule has 7 heteroatoms. The lowest BCUT2D eigenvalue weighted by molar-refractivity contribution is -0.113. The van der Waals surface area contributed by atoms with Gasteiger partial charge in [-0.15, -0.1) is 5.10 Å². The van der Waals surface area contributed by atoms with Crippen molar-refractivity contribution in [1.29, 1.82) is 0 Å². The van der Waals surface area contributed by atoms with E-state index in [9.17, 15) is 4.79 Å². The second-order valence-corrected chi connectivity index (χ2v) is 5.87. The first-order valence-corrected chi connectivity index (χ1v) is 8.15. The Balaban J connectivity index is 1.90. The minimum Gasteiger partial charge on any atom is -0.492 e. The van der Waals surface area contributed by atoms with Crippen LogP contribution in [0, 0.1) is 0 Å². The van der Waals surface area contributed by atoms with Crippen LogP contribution in [0.3, 0.4) is 0 Å². The van der Waals surface area contributed by atoms with Crippen LogP contribution in [0.2, 0.25) is 0 Å². The van der Waals surface area contributed by atoms with Crippen molar-refractivity contribution in [3.05, 3.63) is 30.1 Å². The number of hydrogen-bond donors (Lipinski definition) is 2. The van der Waals surface area contributed by atoms with Crippen LogP contribution in [0.25, 0.3) is 0 Å². The van der Waals surface area contributed by atoms with Gasteiger partial charge in [-0.05, 0) is 19.1 Å². The molecule has 1 amide bonds. The lowest BCUT2D eigenvalue weighted by Gasteiger charge is -2.10. The maximum Gasteiger partial charge on any atom is 0.234 e. The van der Waals surface area contributed by atoms with Crippen LogP contribution in [0.4, 0.5) is 5.69 Å². The number of H-pyrrole nitrogens is 1.